The fourth-order valence-electron chi connectivity index (χ4n) is 5.39. The van der Waals surface area contributed by atoms with Crippen molar-refractivity contribution in [2.75, 3.05) is 64.2 Å². The second-order valence-corrected chi connectivity index (χ2v) is 11.3. The standard InChI is InChI=1S/C30H37Cl2N7O4/c1-4-24(40)35-20-16-43-17-21(20)37-30-34-15-18-13-19(25-26(31)22(41-2)14-23(42-3)27(25)32)36-29(28(18)38-30)33-9-5-6-10-39-11-7-8-12-39/h4,13-15,20-21H,1,5-12,16-17H2,2-3H3,(H,33,36)(H,35,40)(H,34,37,38)/t20-,21+/m0/s1. The molecule has 3 N–H and O–H groups in total. The summed E-state index contributed by atoms with van der Waals surface area (Å²) in [4.78, 5) is 28.7. The minimum absolute atomic E-state index is 0.211. The number of likely N-dealkylation sites (tertiary alicyclic amines) is 1. The molecular formula is C30H37Cl2N7O4. The number of carbonyl (C=O) groups excluding carboxylic acids is 1. The summed E-state index contributed by atoms with van der Waals surface area (Å²) < 4.78 is 16.6. The maximum Gasteiger partial charge on any atom is 0.243 e. The van der Waals surface area contributed by atoms with Gasteiger partial charge in [-0.25, -0.2) is 15.0 Å². The van der Waals surface area contributed by atoms with E-state index in [1.165, 1.54) is 46.2 Å². The lowest BCUT2D eigenvalue weighted by molar-refractivity contribution is -0.117. The van der Waals surface area contributed by atoms with Crippen molar-refractivity contribution in [1.29, 1.82) is 0 Å². The zero-order valence-electron chi connectivity index (χ0n) is 24.4. The van der Waals surface area contributed by atoms with Crippen molar-refractivity contribution in [1.82, 2.24) is 25.2 Å². The minimum atomic E-state index is -0.263. The van der Waals surface area contributed by atoms with Crippen molar-refractivity contribution >= 4 is 51.8 Å². The number of rotatable bonds is 13. The summed E-state index contributed by atoms with van der Waals surface area (Å²) in [6, 6.07) is 3.03. The Hall–Kier alpha value is -3.38. The first-order valence-corrected chi connectivity index (χ1v) is 15.2. The monoisotopic (exact) mass is 629 g/mol. The number of ether oxygens (including phenoxy) is 3. The molecule has 2 aromatic heterocycles. The van der Waals surface area contributed by atoms with Gasteiger partial charge in [-0.15, -0.1) is 0 Å². The van der Waals surface area contributed by atoms with E-state index in [0.717, 1.165) is 24.8 Å². The lowest BCUT2D eigenvalue weighted by Crippen LogP contribution is -2.45. The topological polar surface area (TPSA) is 123 Å². The summed E-state index contributed by atoms with van der Waals surface area (Å²) >= 11 is 13.5. The van der Waals surface area contributed by atoms with E-state index in [9.17, 15) is 4.79 Å². The summed E-state index contributed by atoms with van der Waals surface area (Å²) in [6.07, 6.45) is 7.58. The number of carbonyl (C=O) groups is 1. The van der Waals surface area contributed by atoms with E-state index < -0.39 is 0 Å². The maximum atomic E-state index is 11.9. The van der Waals surface area contributed by atoms with Gasteiger partial charge in [0, 0.05) is 29.8 Å². The average Bonchev–Trinajstić information content (AvgIpc) is 3.69. The van der Waals surface area contributed by atoms with Crippen molar-refractivity contribution in [2.24, 2.45) is 0 Å². The average molecular weight is 631 g/mol. The van der Waals surface area contributed by atoms with Gasteiger partial charge in [0.2, 0.25) is 11.9 Å². The molecule has 43 heavy (non-hydrogen) atoms. The van der Waals surface area contributed by atoms with Crippen molar-refractivity contribution in [3.05, 3.63) is 41.0 Å². The van der Waals surface area contributed by atoms with E-state index in [1.54, 1.807) is 12.3 Å². The largest absolute Gasteiger partial charge is 0.495 e. The number of aromatic nitrogens is 3. The molecule has 13 heteroatoms. The Morgan fingerprint density at radius 2 is 1.81 bits per heavy atom. The van der Waals surface area contributed by atoms with E-state index in [4.69, 9.17) is 47.4 Å². The Morgan fingerprint density at radius 1 is 1.09 bits per heavy atom. The van der Waals surface area contributed by atoms with Crippen LogP contribution in [0.3, 0.4) is 0 Å². The molecule has 4 heterocycles. The third-order valence-corrected chi connectivity index (χ3v) is 8.45. The van der Waals surface area contributed by atoms with Crippen LogP contribution in [0.2, 0.25) is 10.0 Å². The Labute approximate surface area is 261 Å². The predicted molar refractivity (Wildman–Crippen MR) is 170 cm³/mol. The highest BCUT2D eigenvalue weighted by atomic mass is 35.5. The number of pyridine rings is 1. The molecule has 0 aliphatic carbocycles. The molecule has 3 aromatic rings. The summed E-state index contributed by atoms with van der Waals surface area (Å²) in [6.45, 7) is 8.48. The van der Waals surface area contributed by atoms with Gasteiger partial charge in [0.05, 0.1) is 55.3 Å². The van der Waals surface area contributed by atoms with Crippen LogP contribution < -0.4 is 25.4 Å². The second-order valence-electron chi connectivity index (χ2n) is 10.6. The molecular weight excluding hydrogens is 593 g/mol. The Bertz CT molecular complexity index is 1440. The van der Waals surface area contributed by atoms with E-state index in [0.29, 0.717) is 69.8 Å². The van der Waals surface area contributed by atoms with E-state index >= 15 is 0 Å². The third-order valence-electron chi connectivity index (χ3n) is 7.70. The molecule has 0 unspecified atom stereocenters. The third kappa shape index (κ3) is 7.23. The SMILES string of the molecule is C=CC(=O)N[C@H]1COC[C@H]1Nc1ncc2cc(-c3c(Cl)c(OC)cc(OC)c3Cl)nc(NCCCCN3CCCC3)c2n1. The number of hydrogen-bond acceptors (Lipinski definition) is 10. The van der Waals surface area contributed by atoms with Gasteiger partial charge in [-0.05, 0) is 57.5 Å². The number of halogens is 2. The predicted octanol–water partition coefficient (Wildman–Crippen LogP) is 4.79. The van der Waals surface area contributed by atoms with E-state index in [1.807, 2.05) is 6.07 Å². The summed E-state index contributed by atoms with van der Waals surface area (Å²) in [5.74, 6) is 1.55. The minimum Gasteiger partial charge on any atom is -0.495 e. The number of fused-ring (bicyclic) bond motifs is 1. The molecule has 2 aliphatic heterocycles. The lowest BCUT2D eigenvalue weighted by Gasteiger charge is -2.20. The molecule has 2 fully saturated rings. The number of anilines is 2. The number of hydrogen-bond donors (Lipinski definition) is 3. The molecule has 11 nitrogen and oxygen atoms in total. The summed E-state index contributed by atoms with van der Waals surface area (Å²) in [7, 11) is 3.07. The highest BCUT2D eigenvalue weighted by Crippen LogP contribution is 2.46. The highest BCUT2D eigenvalue weighted by molar-refractivity contribution is 6.41. The van der Waals surface area contributed by atoms with Crippen LogP contribution in [0.1, 0.15) is 25.7 Å². The summed E-state index contributed by atoms with van der Waals surface area (Å²) in [5, 5.41) is 11.1. The molecule has 2 saturated heterocycles. The zero-order chi connectivity index (χ0) is 30.3. The van der Waals surface area contributed by atoms with Crippen molar-refractivity contribution in [3.8, 4) is 22.8 Å². The van der Waals surface area contributed by atoms with Gasteiger partial charge in [-0.2, -0.15) is 0 Å². The first-order valence-electron chi connectivity index (χ1n) is 14.4. The van der Waals surface area contributed by atoms with Crippen LogP contribution in [0.15, 0.2) is 31.0 Å². The number of unbranched alkanes of at least 4 members (excludes halogenated alkanes) is 1. The molecule has 230 valence electrons. The maximum absolute atomic E-state index is 11.9. The first kappa shape index (κ1) is 31.1. The van der Waals surface area contributed by atoms with Gasteiger partial charge in [0.25, 0.3) is 0 Å². The van der Waals surface area contributed by atoms with Crippen LogP contribution in [0.5, 0.6) is 11.5 Å². The Morgan fingerprint density at radius 3 is 2.51 bits per heavy atom. The number of benzene rings is 1. The number of nitrogens with zero attached hydrogens (tertiary/aromatic N) is 4. The van der Waals surface area contributed by atoms with Crippen LogP contribution >= 0.6 is 23.2 Å². The van der Waals surface area contributed by atoms with Crippen LogP contribution in [0.25, 0.3) is 22.2 Å². The fraction of sp³-hybridized carbons (Fsp3) is 0.467. The molecule has 2 atom stereocenters. The number of nitrogens with one attached hydrogen (secondary N) is 3. The highest BCUT2D eigenvalue weighted by Gasteiger charge is 2.30. The molecule has 0 saturated carbocycles. The number of methoxy groups -OCH3 is 2. The molecule has 0 bridgehead atoms. The first-order chi connectivity index (χ1) is 20.9. The fourth-order valence-corrected chi connectivity index (χ4v) is 6.08. The van der Waals surface area contributed by atoms with Crippen LogP contribution in [-0.4, -0.2) is 91.5 Å². The van der Waals surface area contributed by atoms with Gasteiger partial charge in [0.1, 0.15) is 17.0 Å². The zero-order valence-corrected chi connectivity index (χ0v) is 25.9. The molecule has 1 aromatic carbocycles. The van der Waals surface area contributed by atoms with Gasteiger partial charge in [-0.3, -0.25) is 4.79 Å². The number of amides is 1. The van der Waals surface area contributed by atoms with Crippen LogP contribution in [-0.2, 0) is 9.53 Å². The van der Waals surface area contributed by atoms with Gasteiger partial charge in [-0.1, -0.05) is 29.8 Å². The molecule has 0 spiro atoms. The summed E-state index contributed by atoms with van der Waals surface area (Å²) in [5.41, 5.74) is 1.65. The molecule has 2 aliphatic rings. The van der Waals surface area contributed by atoms with Gasteiger partial charge < -0.3 is 35.1 Å². The normalized spacial score (nSPS) is 18.5. The Kier molecular flexibility index (Phi) is 10.4. The smallest absolute Gasteiger partial charge is 0.243 e. The van der Waals surface area contributed by atoms with Gasteiger partial charge >= 0.3 is 0 Å². The van der Waals surface area contributed by atoms with Crippen LogP contribution in [0.4, 0.5) is 11.8 Å². The second kappa shape index (κ2) is 14.4. The van der Waals surface area contributed by atoms with Crippen molar-refractivity contribution < 1.29 is 19.0 Å². The van der Waals surface area contributed by atoms with E-state index in [2.05, 4.69) is 32.4 Å². The van der Waals surface area contributed by atoms with Gasteiger partial charge in [0.15, 0.2) is 5.82 Å². The quantitative estimate of drug-likeness (QED) is 0.180. The van der Waals surface area contributed by atoms with E-state index in [-0.39, 0.29) is 18.0 Å². The van der Waals surface area contributed by atoms with Crippen LogP contribution in [0, 0.1) is 0 Å². The molecule has 5 rings (SSSR count). The molecule has 0 radical (unpaired) electrons. The molecule has 1 amide bonds. The Balaban J connectivity index is 1.46. The lowest BCUT2D eigenvalue weighted by atomic mass is 10.1. The van der Waals surface area contributed by atoms with Crippen molar-refractivity contribution in [3.63, 3.8) is 0 Å². The van der Waals surface area contributed by atoms with Crippen molar-refractivity contribution in [2.45, 2.75) is 37.8 Å².